The van der Waals surface area contributed by atoms with E-state index in [4.69, 9.17) is 9.72 Å². The molecular weight excluding hydrogens is 310 g/mol. The highest BCUT2D eigenvalue weighted by Gasteiger charge is 2.19. The first kappa shape index (κ1) is 15.8. The van der Waals surface area contributed by atoms with Crippen LogP contribution in [0.15, 0.2) is 60.8 Å². The zero-order valence-corrected chi connectivity index (χ0v) is 14.4. The van der Waals surface area contributed by atoms with Crippen LogP contribution in [-0.4, -0.2) is 28.5 Å². The molecule has 0 atom stereocenters. The Morgan fingerprint density at radius 1 is 1.08 bits per heavy atom. The summed E-state index contributed by atoms with van der Waals surface area (Å²) in [6.45, 7) is 2.79. The molecule has 1 aromatic heterocycles. The Kier molecular flexibility index (Phi) is 4.44. The van der Waals surface area contributed by atoms with Crippen molar-refractivity contribution in [1.29, 1.82) is 0 Å². The number of fused-ring (bicyclic) bond motifs is 1. The lowest BCUT2D eigenvalue weighted by molar-refractivity contribution is 0.241. The van der Waals surface area contributed by atoms with Gasteiger partial charge in [-0.15, -0.1) is 0 Å². The van der Waals surface area contributed by atoms with Crippen LogP contribution in [0.3, 0.4) is 0 Å². The largest absolute Gasteiger partial charge is 0.497 e. The molecule has 4 heteroatoms. The summed E-state index contributed by atoms with van der Waals surface area (Å²) in [5.41, 5.74) is 4.74. The maximum atomic E-state index is 5.33. The van der Waals surface area contributed by atoms with Gasteiger partial charge in [-0.25, -0.2) is 9.97 Å². The van der Waals surface area contributed by atoms with E-state index < -0.39 is 0 Å². The highest BCUT2D eigenvalue weighted by atomic mass is 16.5. The minimum absolute atomic E-state index is 0.808. The van der Waals surface area contributed by atoms with Gasteiger partial charge in [-0.1, -0.05) is 42.5 Å². The molecule has 2 heterocycles. The summed E-state index contributed by atoms with van der Waals surface area (Å²) in [5.74, 6) is 1.71. The number of aromatic nitrogens is 2. The number of hydrogen-bond donors (Lipinski definition) is 0. The molecule has 0 fully saturated rings. The molecule has 25 heavy (non-hydrogen) atoms. The lowest BCUT2D eigenvalue weighted by Crippen LogP contribution is -2.31. The summed E-state index contributed by atoms with van der Waals surface area (Å²) in [7, 11) is 1.71. The van der Waals surface area contributed by atoms with Gasteiger partial charge in [0.05, 0.1) is 12.8 Å². The fourth-order valence-electron chi connectivity index (χ4n) is 3.25. The normalized spacial score (nSPS) is 14.1. The number of rotatable bonds is 4. The molecule has 3 aromatic rings. The Balaban J connectivity index is 1.53. The molecule has 0 bridgehead atoms. The van der Waals surface area contributed by atoms with E-state index in [9.17, 15) is 0 Å². The number of nitrogens with zero attached hydrogens (tertiary/aromatic N) is 3. The second-order valence-corrected chi connectivity index (χ2v) is 6.34. The van der Waals surface area contributed by atoms with E-state index in [-0.39, 0.29) is 0 Å². The van der Waals surface area contributed by atoms with E-state index in [1.807, 2.05) is 36.5 Å². The third-order valence-corrected chi connectivity index (χ3v) is 4.60. The van der Waals surface area contributed by atoms with Crippen LogP contribution in [-0.2, 0) is 19.5 Å². The van der Waals surface area contributed by atoms with Crippen molar-refractivity contribution < 1.29 is 4.74 Å². The molecule has 4 nitrogen and oxygen atoms in total. The molecule has 0 radical (unpaired) electrons. The fraction of sp³-hybridized carbons (Fsp3) is 0.238. The van der Waals surface area contributed by atoms with E-state index in [2.05, 4.69) is 34.1 Å². The zero-order chi connectivity index (χ0) is 17.1. The molecule has 1 aliphatic heterocycles. The predicted molar refractivity (Wildman–Crippen MR) is 98.3 cm³/mol. The molecule has 0 amide bonds. The van der Waals surface area contributed by atoms with Crippen molar-refractivity contribution in [2.45, 2.75) is 19.5 Å². The predicted octanol–water partition coefficient (Wildman–Crippen LogP) is 3.71. The van der Waals surface area contributed by atoms with Crippen molar-refractivity contribution in [1.82, 2.24) is 14.9 Å². The van der Waals surface area contributed by atoms with E-state index >= 15 is 0 Å². The number of benzene rings is 2. The second kappa shape index (κ2) is 7.03. The van der Waals surface area contributed by atoms with Crippen LogP contribution in [0.4, 0.5) is 0 Å². The van der Waals surface area contributed by atoms with Crippen LogP contribution >= 0.6 is 0 Å². The van der Waals surface area contributed by atoms with Crippen LogP contribution in [0.2, 0.25) is 0 Å². The van der Waals surface area contributed by atoms with Crippen molar-refractivity contribution in [2.24, 2.45) is 0 Å². The third-order valence-electron chi connectivity index (χ3n) is 4.60. The first-order valence-electron chi connectivity index (χ1n) is 8.57. The van der Waals surface area contributed by atoms with E-state index in [0.29, 0.717) is 0 Å². The molecule has 0 spiro atoms. The van der Waals surface area contributed by atoms with Gasteiger partial charge in [0.15, 0.2) is 5.82 Å². The third kappa shape index (κ3) is 3.54. The average molecular weight is 331 g/mol. The fourth-order valence-corrected chi connectivity index (χ4v) is 3.25. The smallest absolute Gasteiger partial charge is 0.159 e. The van der Waals surface area contributed by atoms with Crippen LogP contribution in [0.25, 0.3) is 11.4 Å². The van der Waals surface area contributed by atoms with Gasteiger partial charge in [-0.05, 0) is 29.7 Å². The summed E-state index contributed by atoms with van der Waals surface area (Å²) < 4.78 is 5.33. The van der Waals surface area contributed by atoms with Gasteiger partial charge >= 0.3 is 0 Å². The van der Waals surface area contributed by atoms with E-state index in [0.717, 1.165) is 48.9 Å². The van der Waals surface area contributed by atoms with E-state index in [1.54, 1.807) is 7.11 Å². The minimum atomic E-state index is 0.808. The second-order valence-electron chi connectivity index (χ2n) is 6.34. The van der Waals surface area contributed by atoms with Gasteiger partial charge in [0, 0.05) is 31.4 Å². The molecule has 0 N–H and O–H groups in total. The Labute approximate surface area is 148 Å². The highest BCUT2D eigenvalue weighted by molar-refractivity contribution is 5.54. The first-order chi connectivity index (χ1) is 12.3. The van der Waals surface area contributed by atoms with Crippen molar-refractivity contribution in [3.63, 3.8) is 0 Å². The van der Waals surface area contributed by atoms with Crippen molar-refractivity contribution in [2.75, 3.05) is 13.7 Å². The van der Waals surface area contributed by atoms with Crippen molar-refractivity contribution >= 4 is 0 Å². The molecule has 2 aromatic carbocycles. The van der Waals surface area contributed by atoms with Gasteiger partial charge < -0.3 is 4.74 Å². The van der Waals surface area contributed by atoms with Crippen LogP contribution < -0.4 is 4.74 Å². The van der Waals surface area contributed by atoms with Gasteiger partial charge in [0.25, 0.3) is 0 Å². The molecule has 1 aliphatic rings. The van der Waals surface area contributed by atoms with Crippen molar-refractivity contribution in [3.05, 3.63) is 77.6 Å². The Morgan fingerprint density at radius 2 is 1.96 bits per heavy atom. The van der Waals surface area contributed by atoms with Gasteiger partial charge in [0.1, 0.15) is 5.75 Å². The summed E-state index contributed by atoms with van der Waals surface area (Å²) in [5, 5.41) is 0. The van der Waals surface area contributed by atoms with Crippen LogP contribution in [0.1, 0.15) is 16.8 Å². The van der Waals surface area contributed by atoms with Crippen LogP contribution in [0, 0.1) is 0 Å². The molecule has 126 valence electrons. The maximum Gasteiger partial charge on any atom is 0.159 e. The maximum absolute atomic E-state index is 5.33. The highest BCUT2D eigenvalue weighted by Crippen LogP contribution is 2.23. The molecule has 0 aliphatic carbocycles. The monoisotopic (exact) mass is 331 g/mol. The van der Waals surface area contributed by atoms with Crippen molar-refractivity contribution in [3.8, 4) is 17.1 Å². The van der Waals surface area contributed by atoms with Gasteiger partial charge in [0.2, 0.25) is 0 Å². The molecule has 0 saturated heterocycles. The number of methoxy groups -OCH3 is 1. The summed E-state index contributed by atoms with van der Waals surface area (Å²) in [6, 6.07) is 18.4. The summed E-state index contributed by atoms with van der Waals surface area (Å²) >= 11 is 0. The number of hydrogen-bond acceptors (Lipinski definition) is 4. The topological polar surface area (TPSA) is 38.2 Å². The Hall–Kier alpha value is -2.72. The van der Waals surface area contributed by atoms with Gasteiger partial charge in [-0.3, -0.25) is 4.90 Å². The first-order valence-corrected chi connectivity index (χ1v) is 8.57. The molecular formula is C21H21N3O. The molecule has 0 saturated carbocycles. The average Bonchev–Trinajstić information content (AvgIpc) is 2.68. The molecule has 4 rings (SSSR count). The van der Waals surface area contributed by atoms with E-state index in [1.165, 1.54) is 11.1 Å². The summed E-state index contributed by atoms with van der Waals surface area (Å²) in [4.78, 5) is 11.8. The standard InChI is InChI=1S/C21H21N3O/c1-25-19-9-5-6-16(12-19)14-24-11-10-18-13-22-21(23-20(18)15-24)17-7-3-2-4-8-17/h2-9,12-13H,10-11,14-15H2,1H3. The lowest BCUT2D eigenvalue weighted by atomic mass is 10.1. The van der Waals surface area contributed by atoms with Crippen LogP contribution in [0.5, 0.6) is 5.75 Å². The Morgan fingerprint density at radius 3 is 2.80 bits per heavy atom. The zero-order valence-electron chi connectivity index (χ0n) is 14.4. The SMILES string of the molecule is COc1cccc(CN2CCc3cnc(-c4ccccc4)nc3C2)c1. The quantitative estimate of drug-likeness (QED) is 0.730. The summed E-state index contributed by atoms with van der Waals surface area (Å²) in [6.07, 6.45) is 2.99. The van der Waals surface area contributed by atoms with Gasteiger partial charge in [-0.2, -0.15) is 0 Å². The minimum Gasteiger partial charge on any atom is -0.497 e. The molecule has 0 unspecified atom stereocenters. The number of ether oxygens (including phenoxy) is 1. The Bertz CT molecular complexity index is 864. The lowest BCUT2D eigenvalue weighted by Gasteiger charge is -2.28.